The zero-order valence-electron chi connectivity index (χ0n) is 9.98. The Morgan fingerprint density at radius 2 is 2.06 bits per heavy atom. The highest BCUT2D eigenvalue weighted by atomic mass is 35.5. The molecule has 4 heteroatoms. The van der Waals surface area contributed by atoms with E-state index in [4.69, 9.17) is 16.3 Å². The molecule has 94 valence electrons. The van der Waals surface area contributed by atoms with Gasteiger partial charge in [0.1, 0.15) is 5.76 Å². The lowest BCUT2D eigenvalue weighted by Gasteiger charge is -2.08. The minimum absolute atomic E-state index is 0.178. The molecular formula is C14H13ClO3. The van der Waals surface area contributed by atoms with E-state index in [1.54, 1.807) is 24.3 Å². The summed E-state index contributed by atoms with van der Waals surface area (Å²) in [5.41, 5.74) is 0.504. The fraction of sp³-hybridized carbons (Fsp3) is 0.286. The molecule has 1 aliphatic rings. The molecule has 1 aromatic carbocycles. The number of halogens is 1. The van der Waals surface area contributed by atoms with Gasteiger partial charge in [0.25, 0.3) is 0 Å². The van der Waals surface area contributed by atoms with Gasteiger partial charge in [0.05, 0.1) is 12.5 Å². The van der Waals surface area contributed by atoms with Crippen LogP contribution >= 0.6 is 11.6 Å². The van der Waals surface area contributed by atoms with Gasteiger partial charge in [0, 0.05) is 23.1 Å². The van der Waals surface area contributed by atoms with Crippen molar-refractivity contribution in [2.75, 3.05) is 6.61 Å². The molecule has 0 bridgehead atoms. The van der Waals surface area contributed by atoms with Gasteiger partial charge in [-0.3, -0.25) is 9.59 Å². The monoisotopic (exact) mass is 264 g/mol. The van der Waals surface area contributed by atoms with Crippen LogP contribution in [-0.4, -0.2) is 18.2 Å². The number of hydrogen-bond donors (Lipinski definition) is 0. The molecule has 18 heavy (non-hydrogen) atoms. The second-order valence-electron chi connectivity index (χ2n) is 4.07. The molecule has 0 amide bonds. The van der Waals surface area contributed by atoms with E-state index in [-0.39, 0.29) is 11.6 Å². The Morgan fingerprint density at radius 3 is 2.67 bits per heavy atom. The van der Waals surface area contributed by atoms with Crippen LogP contribution in [0.1, 0.15) is 23.7 Å². The predicted octanol–water partition coefficient (Wildman–Crippen LogP) is 3.03. The summed E-state index contributed by atoms with van der Waals surface area (Å²) in [6.45, 7) is 2.35. The summed E-state index contributed by atoms with van der Waals surface area (Å²) in [5.74, 6) is -0.413. The molecule has 0 saturated heterocycles. The number of rotatable bonds is 4. The molecule has 0 aromatic heterocycles. The van der Waals surface area contributed by atoms with Crippen LogP contribution in [0, 0.1) is 5.92 Å². The molecule has 1 aliphatic carbocycles. The lowest BCUT2D eigenvalue weighted by atomic mass is 9.95. The number of benzene rings is 1. The van der Waals surface area contributed by atoms with Crippen LogP contribution in [0.2, 0.25) is 5.02 Å². The molecule has 1 aromatic rings. The second-order valence-corrected chi connectivity index (χ2v) is 4.51. The topological polar surface area (TPSA) is 43.4 Å². The normalized spacial score (nSPS) is 18.7. The van der Waals surface area contributed by atoms with E-state index in [2.05, 4.69) is 0 Å². The maximum atomic E-state index is 12.2. The Bertz CT molecular complexity index is 502. The number of ether oxygens (including phenoxy) is 1. The number of carbonyl (C=O) groups is 2. The van der Waals surface area contributed by atoms with Gasteiger partial charge in [-0.2, -0.15) is 0 Å². The summed E-state index contributed by atoms with van der Waals surface area (Å²) >= 11 is 5.76. The fourth-order valence-corrected chi connectivity index (χ4v) is 2.07. The van der Waals surface area contributed by atoms with Crippen LogP contribution in [0.5, 0.6) is 0 Å². The zero-order valence-corrected chi connectivity index (χ0v) is 10.7. The molecule has 0 fully saturated rings. The van der Waals surface area contributed by atoms with Gasteiger partial charge in [-0.25, -0.2) is 0 Å². The number of allylic oxidation sites excluding steroid dienone is 2. The maximum Gasteiger partial charge on any atom is 0.174 e. The van der Waals surface area contributed by atoms with Crippen molar-refractivity contribution in [3.8, 4) is 0 Å². The second kappa shape index (κ2) is 5.36. The van der Waals surface area contributed by atoms with Crippen LogP contribution in [0.4, 0.5) is 0 Å². The molecule has 0 spiro atoms. The molecule has 0 N–H and O–H groups in total. The number of hydrogen-bond acceptors (Lipinski definition) is 3. The van der Waals surface area contributed by atoms with Crippen molar-refractivity contribution in [2.45, 2.75) is 13.3 Å². The van der Waals surface area contributed by atoms with Crippen molar-refractivity contribution >= 4 is 23.2 Å². The standard InChI is InChI=1S/C14H13ClO3/c1-2-18-11-7-12(13(16)8-11)14(17)9-3-5-10(15)6-4-9/h3-6,8,12H,2,7H2,1H3. The summed E-state index contributed by atoms with van der Waals surface area (Å²) < 4.78 is 5.28. The van der Waals surface area contributed by atoms with Gasteiger partial charge >= 0.3 is 0 Å². The molecular weight excluding hydrogens is 252 g/mol. The molecule has 0 heterocycles. The summed E-state index contributed by atoms with van der Waals surface area (Å²) in [7, 11) is 0. The number of Topliss-reactive ketones (excluding diaryl/α,β-unsaturated/α-hetero) is 1. The van der Waals surface area contributed by atoms with Gasteiger partial charge < -0.3 is 4.74 Å². The third kappa shape index (κ3) is 2.62. The van der Waals surface area contributed by atoms with Crippen LogP contribution in [0.3, 0.4) is 0 Å². The summed E-state index contributed by atoms with van der Waals surface area (Å²) in [5, 5.41) is 0.567. The van der Waals surface area contributed by atoms with Crippen molar-refractivity contribution < 1.29 is 14.3 Å². The summed E-state index contributed by atoms with van der Waals surface area (Å²) in [6, 6.07) is 6.56. The van der Waals surface area contributed by atoms with Crippen LogP contribution in [0.15, 0.2) is 36.1 Å². The molecule has 0 aliphatic heterocycles. The zero-order chi connectivity index (χ0) is 13.1. The highest BCUT2D eigenvalue weighted by Crippen LogP contribution is 2.26. The van der Waals surface area contributed by atoms with Gasteiger partial charge in [0.2, 0.25) is 0 Å². The Labute approximate surface area is 110 Å². The van der Waals surface area contributed by atoms with Gasteiger partial charge in [-0.1, -0.05) is 11.6 Å². The lowest BCUT2D eigenvalue weighted by Crippen LogP contribution is -2.19. The largest absolute Gasteiger partial charge is 0.498 e. The van der Waals surface area contributed by atoms with E-state index < -0.39 is 5.92 Å². The van der Waals surface area contributed by atoms with Crippen molar-refractivity contribution in [1.29, 1.82) is 0 Å². The maximum absolute atomic E-state index is 12.2. The van der Waals surface area contributed by atoms with E-state index in [1.807, 2.05) is 6.92 Å². The average Bonchev–Trinajstić information content (AvgIpc) is 2.71. The van der Waals surface area contributed by atoms with Gasteiger partial charge in [-0.15, -0.1) is 0 Å². The van der Waals surface area contributed by atoms with E-state index in [1.165, 1.54) is 6.08 Å². The lowest BCUT2D eigenvalue weighted by molar-refractivity contribution is -0.116. The van der Waals surface area contributed by atoms with Crippen LogP contribution < -0.4 is 0 Å². The van der Waals surface area contributed by atoms with E-state index in [0.717, 1.165) is 0 Å². The van der Waals surface area contributed by atoms with E-state index in [0.29, 0.717) is 29.4 Å². The average molecular weight is 265 g/mol. The van der Waals surface area contributed by atoms with Gasteiger partial charge in [0.15, 0.2) is 11.6 Å². The van der Waals surface area contributed by atoms with E-state index >= 15 is 0 Å². The Hall–Kier alpha value is -1.61. The van der Waals surface area contributed by atoms with E-state index in [9.17, 15) is 9.59 Å². The van der Waals surface area contributed by atoms with Crippen LogP contribution in [-0.2, 0) is 9.53 Å². The predicted molar refractivity (Wildman–Crippen MR) is 68.6 cm³/mol. The molecule has 0 saturated carbocycles. The fourth-order valence-electron chi connectivity index (χ4n) is 1.94. The SMILES string of the molecule is CCOC1=CC(=O)C(C(=O)c2ccc(Cl)cc2)C1. The molecule has 0 radical (unpaired) electrons. The smallest absolute Gasteiger partial charge is 0.174 e. The molecule has 2 rings (SSSR count). The van der Waals surface area contributed by atoms with Crippen molar-refractivity contribution in [2.24, 2.45) is 5.92 Å². The first-order valence-electron chi connectivity index (χ1n) is 5.79. The first-order chi connectivity index (χ1) is 8.61. The van der Waals surface area contributed by atoms with Crippen molar-refractivity contribution in [1.82, 2.24) is 0 Å². The minimum Gasteiger partial charge on any atom is -0.498 e. The van der Waals surface area contributed by atoms with Crippen LogP contribution in [0.25, 0.3) is 0 Å². The first kappa shape index (κ1) is 12.8. The summed E-state index contributed by atoms with van der Waals surface area (Å²) in [4.78, 5) is 23.9. The number of ketones is 2. The molecule has 1 atom stereocenters. The Morgan fingerprint density at radius 1 is 1.39 bits per heavy atom. The molecule has 3 nitrogen and oxygen atoms in total. The third-order valence-electron chi connectivity index (χ3n) is 2.83. The van der Waals surface area contributed by atoms with Crippen molar-refractivity contribution in [3.63, 3.8) is 0 Å². The van der Waals surface area contributed by atoms with Gasteiger partial charge in [-0.05, 0) is 31.2 Å². The Balaban J connectivity index is 2.12. The first-order valence-corrected chi connectivity index (χ1v) is 6.16. The quantitative estimate of drug-likeness (QED) is 0.620. The molecule has 1 unspecified atom stereocenters. The van der Waals surface area contributed by atoms with Crippen molar-refractivity contribution in [3.05, 3.63) is 46.7 Å². The highest BCUT2D eigenvalue weighted by molar-refractivity contribution is 6.30. The third-order valence-corrected chi connectivity index (χ3v) is 3.08. The minimum atomic E-state index is -0.646. The Kier molecular flexibility index (Phi) is 3.82. The summed E-state index contributed by atoms with van der Waals surface area (Å²) in [6.07, 6.45) is 1.77. The number of carbonyl (C=O) groups excluding carboxylic acids is 2. The highest BCUT2D eigenvalue weighted by Gasteiger charge is 2.33.